The van der Waals surface area contributed by atoms with Crippen molar-refractivity contribution < 1.29 is 45.3 Å². The Balaban J connectivity index is -0.00000144. The summed E-state index contributed by atoms with van der Waals surface area (Å²) in [5, 5.41) is 0. The molecule has 0 atom stereocenters. The third-order valence-electron chi connectivity index (χ3n) is 2.98. The zero-order valence-electron chi connectivity index (χ0n) is 14.2. The second kappa shape index (κ2) is 18.3. The second-order valence-corrected chi connectivity index (χ2v) is 4.71. The van der Waals surface area contributed by atoms with Crippen LogP contribution in [-0.4, -0.2) is 19.4 Å². The van der Waals surface area contributed by atoms with Crippen LogP contribution in [0, 0.1) is 0 Å². The van der Waals surface area contributed by atoms with Crippen LogP contribution in [0.15, 0.2) is 0 Å². The smallest absolute Gasteiger partial charge is 1.00 e. The fourth-order valence-corrected chi connectivity index (χ4v) is 1.90. The van der Waals surface area contributed by atoms with Crippen LogP contribution in [0.3, 0.4) is 0 Å². The number of rotatable bonds is 12. The molecule has 0 amide bonds. The summed E-state index contributed by atoms with van der Waals surface area (Å²) >= 11 is 0. The fraction of sp³-hybridized carbons (Fsp3) is 0.933. The molecule has 0 aliphatic carbocycles. The van der Waals surface area contributed by atoms with Crippen LogP contribution in [0.1, 0.15) is 79.5 Å². The maximum absolute atomic E-state index is 10.9. The van der Waals surface area contributed by atoms with Gasteiger partial charge in [-0.25, -0.2) is 4.79 Å². The van der Waals surface area contributed by atoms with E-state index < -0.39 is 6.16 Å². The van der Waals surface area contributed by atoms with Crippen LogP contribution in [0.5, 0.6) is 0 Å². The van der Waals surface area contributed by atoms with Crippen LogP contribution < -0.4 is 29.6 Å². The quantitative estimate of drug-likeness (QED) is 0.313. The molecule has 110 valence electrons. The summed E-state index contributed by atoms with van der Waals surface area (Å²) in [7, 11) is 0. The van der Waals surface area contributed by atoms with Crippen molar-refractivity contribution >= 4 is 6.16 Å². The molecule has 0 spiro atoms. The number of carbonyl (C=O) groups excluding carboxylic acids is 1. The SMILES string of the molecule is CCCCCCCCCCCCOC(=O)OCC.[H-].[Na+]. The number of hydrogen-bond acceptors (Lipinski definition) is 3. The molecular weight excluding hydrogens is 251 g/mol. The van der Waals surface area contributed by atoms with Crippen LogP contribution in [0.25, 0.3) is 0 Å². The minimum atomic E-state index is -0.534. The molecule has 0 aromatic heterocycles. The van der Waals surface area contributed by atoms with E-state index in [1.807, 2.05) is 0 Å². The molecule has 4 heteroatoms. The monoisotopic (exact) mass is 282 g/mol. The van der Waals surface area contributed by atoms with Crippen molar-refractivity contribution in [2.45, 2.75) is 78.1 Å². The van der Waals surface area contributed by atoms with Crippen LogP contribution >= 0.6 is 0 Å². The first kappa shape index (κ1) is 21.6. The van der Waals surface area contributed by atoms with Crippen molar-refractivity contribution in [3.63, 3.8) is 0 Å². The maximum Gasteiger partial charge on any atom is 1.00 e. The zero-order chi connectivity index (χ0) is 13.5. The molecule has 0 radical (unpaired) electrons. The molecule has 0 heterocycles. The Kier molecular flexibility index (Phi) is 20.7. The third-order valence-corrected chi connectivity index (χ3v) is 2.98. The first-order valence-corrected chi connectivity index (χ1v) is 7.60. The van der Waals surface area contributed by atoms with Gasteiger partial charge in [-0.15, -0.1) is 0 Å². The van der Waals surface area contributed by atoms with Gasteiger partial charge in [0.05, 0.1) is 13.2 Å². The first-order valence-electron chi connectivity index (χ1n) is 7.60. The average molecular weight is 282 g/mol. The largest absolute Gasteiger partial charge is 1.00 e. The standard InChI is InChI=1S/C15H30O3.Na.H/c1-3-5-6-7-8-9-10-11-12-13-14-18-15(16)17-4-2;;/h3-14H2,1-2H3;;/q;+1;-1. The van der Waals surface area contributed by atoms with Crippen molar-refractivity contribution in [1.82, 2.24) is 0 Å². The Bertz CT molecular complexity index is 192. The molecule has 0 aromatic carbocycles. The predicted octanol–water partition coefficient (Wildman–Crippen LogP) is 2.20. The Hall–Kier alpha value is 0.270. The number of carbonyl (C=O) groups is 1. The van der Waals surface area contributed by atoms with Gasteiger partial charge in [0.25, 0.3) is 0 Å². The summed E-state index contributed by atoms with van der Waals surface area (Å²) in [6, 6.07) is 0. The number of ether oxygens (including phenoxy) is 2. The molecule has 3 nitrogen and oxygen atoms in total. The van der Waals surface area contributed by atoms with Crippen LogP contribution in [0.4, 0.5) is 4.79 Å². The molecule has 0 N–H and O–H groups in total. The van der Waals surface area contributed by atoms with E-state index in [0.29, 0.717) is 13.2 Å². The summed E-state index contributed by atoms with van der Waals surface area (Å²) in [6.07, 6.45) is 12.3. The molecule has 19 heavy (non-hydrogen) atoms. The van der Waals surface area contributed by atoms with Crippen molar-refractivity contribution in [3.05, 3.63) is 0 Å². The van der Waals surface area contributed by atoms with Crippen molar-refractivity contribution in [2.24, 2.45) is 0 Å². The van der Waals surface area contributed by atoms with E-state index in [-0.39, 0.29) is 31.0 Å². The molecule has 0 aromatic rings. The molecule has 0 unspecified atom stereocenters. The summed E-state index contributed by atoms with van der Waals surface area (Å²) in [5.74, 6) is 0. The first-order chi connectivity index (χ1) is 8.81. The molecule has 0 saturated heterocycles. The van der Waals surface area contributed by atoms with E-state index in [2.05, 4.69) is 11.7 Å². The molecule has 0 saturated carbocycles. The molecule has 0 rings (SSSR count). The van der Waals surface area contributed by atoms with Gasteiger partial charge in [-0.3, -0.25) is 0 Å². The molecule has 0 aliphatic heterocycles. The Morgan fingerprint density at radius 2 is 1.26 bits per heavy atom. The van der Waals surface area contributed by atoms with Crippen molar-refractivity contribution in [2.75, 3.05) is 13.2 Å². The summed E-state index contributed by atoms with van der Waals surface area (Å²) in [6.45, 7) is 4.91. The Morgan fingerprint density at radius 1 is 0.789 bits per heavy atom. The average Bonchev–Trinajstić information content (AvgIpc) is 2.36. The minimum absolute atomic E-state index is 0. The van der Waals surface area contributed by atoms with E-state index in [1.54, 1.807) is 6.92 Å². The number of unbranched alkanes of at least 4 members (excludes halogenated alkanes) is 9. The van der Waals surface area contributed by atoms with Gasteiger partial charge >= 0.3 is 35.7 Å². The van der Waals surface area contributed by atoms with Gasteiger partial charge in [-0.2, -0.15) is 0 Å². The van der Waals surface area contributed by atoms with Crippen LogP contribution in [-0.2, 0) is 9.47 Å². The predicted molar refractivity (Wildman–Crippen MR) is 75.9 cm³/mol. The topological polar surface area (TPSA) is 35.5 Å². The van der Waals surface area contributed by atoms with E-state index in [9.17, 15) is 4.79 Å². The maximum atomic E-state index is 10.9. The summed E-state index contributed by atoms with van der Waals surface area (Å²) in [4.78, 5) is 10.9. The molecule has 0 fully saturated rings. The fourth-order valence-electron chi connectivity index (χ4n) is 1.90. The second-order valence-electron chi connectivity index (χ2n) is 4.71. The van der Waals surface area contributed by atoms with Gasteiger partial charge < -0.3 is 10.9 Å². The Morgan fingerprint density at radius 3 is 1.74 bits per heavy atom. The van der Waals surface area contributed by atoms with Crippen LogP contribution in [0.2, 0.25) is 0 Å². The summed E-state index contributed by atoms with van der Waals surface area (Å²) in [5.41, 5.74) is 0. The van der Waals surface area contributed by atoms with E-state index in [4.69, 9.17) is 4.74 Å². The van der Waals surface area contributed by atoms with E-state index in [0.717, 1.165) is 12.8 Å². The van der Waals surface area contributed by atoms with E-state index in [1.165, 1.54) is 51.4 Å². The third kappa shape index (κ3) is 18.3. The zero-order valence-corrected chi connectivity index (χ0v) is 15.2. The van der Waals surface area contributed by atoms with Gasteiger partial charge in [0.2, 0.25) is 0 Å². The van der Waals surface area contributed by atoms with Gasteiger partial charge in [0, 0.05) is 0 Å². The van der Waals surface area contributed by atoms with Crippen molar-refractivity contribution in [1.29, 1.82) is 0 Å². The van der Waals surface area contributed by atoms with Gasteiger partial charge in [-0.1, -0.05) is 64.7 Å². The van der Waals surface area contributed by atoms with Crippen molar-refractivity contribution in [3.8, 4) is 0 Å². The molecule has 0 bridgehead atoms. The molecule has 0 aliphatic rings. The minimum Gasteiger partial charge on any atom is -1.00 e. The molecular formula is C15H31NaO3. The normalized spacial score (nSPS) is 9.79. The Labute approximate surface area is 142 Å². The van der Waals surface area contributed by atoms with Gasteiger partial charge in [0.1, 0.15) is 0 Å². The number of hydrogen-bond donors (Lipinski definition) is 0. The summed E-state index contributed by atoms with van der Waals surface area (Å²) < 4.78 is 9.57. The van der Waals surface area contributed by atoms with Gasteiger partial charge in [0.15, 0.2) is 0 Å². The van der Waals surface area contributed by atoms with E-state index >= 15 is 0 Å². The van der Waals surface area contributed by atoms with Gasteiger partial charge in [-0.05, 0) is 13.3 Å².